The second-order valence-corrected chi connectivity index (χ2v) is 7.50. The van der Waals surface area contributed by atoms with Gasteiger partial charge in [-0.2, -0.15) is 5.26 Å². The van der Waals surface area contributed by atoms with Crippen molar-refractivity contribution in [1.29, 1.82) is 5.26 Å². The Bertz CT molecular complexity index is 1400. The summed E-state index contributed by atoms with van der Waals surface area (Å²) in [5.74, 6) is -0.102. The van der Waals surface area contributed by atoms with E-state index < -0.39 is 5.91 Å². The van der Waals surface area contributed by atoms with E-state index >= 15 is 0 Å². The van der Waals surface area contributed by atoms with Crippen molar-refractivity contribution in [2.75, 3.05) is 7.11 Å². The van der Waals surface area contributed by atoms with Gasteiger partial charge in [-0.15, -0.1) is 0 Å². The zero-order valence-corrected chi connectivity index (χ0v) is 18.3. The van der Waals surface area contributed by atoms with Gasteiger partial charge in [-0.1, -0.05) is 42.5 Å². The number of para-hydroxylation sites is 2. The lowest BCUT2D eigenvalue weighted by molar-refractivity contribution is -0.117. The summed E-state index contributed by atoms with van der Waals surface area (Å²) >= 11 is 0. The number of ether oxygens (including phenoxy) is 1. The molecule has 0 saturated carbocycles. The fraction of sp³-hybridized carbons (Fsp3) is 0.111. The summed E-state index contributed by atoms with van der Waals surface area (Å²) in [7, 11) is 1.59. The molecule has 0 aliphatic carbocycles. The summed E-state index contributed by atoms with van der Waals surface area (Å²) in [6.45, 7) is 2.13. The van der Waals surface area contributed by atoms with Crippen molar-refractivity contribution in [2.24, 2.45) is 0 Å². The molecule has 1 N–H and O–H groups in total. The van der Waals surface area contributed by atoms with Crippen LogP contribution in [-0.2, 0) is 11.3 Å². The van der Waals surface area contributed by atoms with Gasteiger partial charge in [0.25, 0.3) is 5.91 Å². The van der Waals surface area contributed by atoms with Crippen molar-refractivity contribution < 1.29 is 13.9 Å². The predicted octanol–water partition coefficient (Wildman–Crippen LogP) is 5.31. The number of hydrogen-bond donors (Lipinski definition) is 1. The largest absolute Gasteiger partial charge is 0.497 e. The molecule has 0 saturated heterocycles. The number of benzene rings is 3. The first-order chi connectivity index (χ1) is 16.0. The summed E-state index contributed by atoms with van der Waals surface area (Å²) in [5, 5.41) is 13.3. The molecule has 1 amide bonds. The standard InChI is InChI=1S/C27H22FN3O2/c1-18-23(15-20(16-29)27(32)30-17-19-11-13-21(33-2)14-12-19)22-7-3-5-9-25(22)31(18)26-10-6-4-8-24(26)28/h3-15H,17H2,1-2H3,(H,30,32)/b20-15+. The van der Waals surface area contributed by atoms with Gasteiger partial charge in [0.1, 0.15) is 23.2 Å². The summed E-state index contributed by atoms with van der Waals surface area (Å²) in [5.41, 5.74) is 3.49. The Morgan fingerprint density at radius 2 is 1.79 bits per heavy atom. The number of nitriles is 1. The predicted molar refractivity (Wildman–Crippen MR) is 126 cm³/mol. The second kappa shape index (κ2) is 9.41. The van der Waals surface area contributed by atoms with E-state index in [1.807, 2.05) is 61.5 Å². The molecule has 5 nitrogen and oxygen atoms in total. The third kappa shape index (κ3) is 4.35. The molecule has 0 bridgehead atoms. The molecule has 1 aromatic heterocycles. The average molecular weight is 439 g/mol. The summed E-state index contributed by atoms with van der Waals surface area (Å²) in [6, 6.07) is 23.4. The van der Waals surface area contributed by atoms with Gasteiger partial charge >= 0.3 is 0 Å². The Kier molecular flexibility index (Phi) is 6.23. The number of methoxy groups -OCH3 is 1. The van der Waals surface area contributed by atoms with E-state index in [1.165, 1.54) is 6.07 Å². The number of nitrogens with zero attached hydrogens (tertiary/aromatic N) is 2. The summed E-state index contributed by atoms with van der Waals surface area (Å²) in [4.78, 5) is 12.8. The molecule has 0 atom stereocenters. The van der Waals surface area contributed by atoms with Gasteiger partial charge in [-0.25, -0.2) is 4.39 Å². The number of carbonyl (C=O) groups is 1. The van der Waals surface area contributed by atoms with E-state index in [2.05, 4.69) is 5.32 Å². The van der Waals surface area contributed by atoms with Crippen molar-refractivity contribution in [1.82, 2.24) is 9.88 Å². The van der Waals surface area contributed by atoms with E-state index in [4.69, 9.17) is 4.74 Å². The summed E-state index contributed by atoms with van der Waals surface area (Å²) < 4.78 is 21.5. The highest BCUT2D eigenvalue weighted by Gasteiger charge is 2.18. The third-order valence-corrected chi connectivity index (χ3v) is 5.52. The van der Waals surface area contributed by atoms with Crippen molar-refractivity contribution in [3.63, 3.8) is 0 Å². The van der Waals surface area contributed by atoms with Gasteiger partial charge < -0.3 is 14.6 Å². The SMILES string of the molecule is COc1ccc(CNC(=O)/C(C#N)=C/c2c(C)n(-c3ccccc3F)c3ccccc23)cc1. The zero-order valence-electron chi connectivity index (χ0n) is 18.3. The maximum absolute atomic E-state index is 14.6. The summed E-state index contributed by atoms with van der Waals surface area (Å²) in [6.07, 6.45) is 1.57. The monoisotopic (exact) mass is 439 g/mol. The normalized spacial score (nSPS) is 11.3. The lowest BCUT2D eigenvalue weighted by Gasteiger charge is -2.09. The maximum Gasteiger partial charge on any atom is 0.262 e. The van der Waals surface area contributed by atoms with Crippen LogP contribution in [0.2, 0.25) is 0 Å². The van der Waals surface area contributed by atoms with Crippen molar-refractivity contribution in [2.45, 2.75) is 13.5 Å². The highest BCUT2D eigenvalue weighted by Crippen LogP contribution is 2.31. The van der Waals surface area contributed by atoms with Gasteiger partial charge in [0.2, 0.25) is 0 Å². The van der Waals surface area contributed by atoms with Gasteiger partial charge in [0.05, 0.1) is 18.3 Å². The van der Waals surface area contributed by atoms with Crippen molar-refractivity contribution in [3.05, 3.63) is 101 Å². The van der Waals surface area contributed by atoms with Crippen LogP contribution in [0.15, 0.2) is 78.4 Å². The number of amides is 1. The lowest BCUT2D eigenvalue weighted by Crippen LogP contribution is -2.23. The molecular formula is C27H22FN3O2. The first-order valence-electron chi connectivity index (χ1n) is 10.4. The first-order valence-corrected chi connectivity index (χ1v) is 10.4. The first kappa shape index (κ1) is 21.8. The number of halogens is 1. The maximum atomic E-state index is 14.6. The Hall–Kier alpha value is -4.37. The zero-order chi connectivity index (χ0) is 23.4. The van der Waals surface area contributed by atoms with Gasteiger partial charge in [-0.05, 0) is 48.9 Å². The van der Waals surface area contributed by atoms with Gasteiger partial charge in [0, 0.05) is 23.2 Å². The van der Waals surface area contributed by atoms with Crippen LogP contribution < -0.4 is 10.1 Å². The number of carbonyl (C=O) groups excluding carboxylic acids is 1. The van der Waals surface area contributed by atoms with Crippen molar-refractivity contribution in [3.8, 4) is 17.5 Å². The van der Waals surface area contributed by atoms with Crippen LogP contribution >= 0.6 is 0 Å². The minimum Gasteiger partial charge on any atom is -0.497 e. The van der Waals surface area contributed by atoms with Crippen LogP contribution in [0.4, 0.5) is 4.39 Å². The molecule has 0 radical (unpaired) electrons. The molecule has 6 heteroatoms. The number of rotatable bonds is 6. The molecule has 0 fully saturated rings. The second-order valence-electron chi connectivity index (χ2n) is 7.50. The fourth-order valence-electron chi connectivity index (χ4n) is 3.83. The Balaban J connectivity index is 1.69. The smallest absolute Gasteiger partial charge is 0.262 e. The molecule has 33 heavy (non-hydrogen) atoms. The molecule has 1 heterocycles. The minimum atomic E-state index is -0.476. The average Bonchev–Trinajstić information content (AvgIpc) is 3.12. The van der Waals surface area contributed by atoms with Crippen LogP contribution in [0.5, 0.6) is 5.75 Å². The molecule has 0 spiro atoms. The topological polar surface area (TPSA) is 67.0 Å². The molecule has 0 aliphatic rings. The Morgan fingerprint density at radius 3 is 2.48 bits per heavy atom. The molecule has 3 aromatic carbocycles. The molecular weight excluding hydrogens is 417 g/mol. The van der Waals surface area contributed by atoms with Gasteiger partial charge in [-0.3, -0.25) is 4.79 Å². The Morgan fingerprint density at radius 1 is 1.09 bits per heavy atom. The van der Waals surface area contributed by atoms with Gasteiger partial charge in [0.15, 0.2) is 0 Å². The highest BCUT2D eigenvalue weighted by molar-refractivity contribution is 6.04. The highest BCUT2D eigenvalue weighted by atomic mass is 19.1. The Labute approximate surface area is 191 Å². The van der Waals surface area contributed by atoms with E-state index in [0.717, 1.165) is 27.9 Å². The quantitative estimate of drug-likeness (QED) is 0.327. The molecule has 164 valence electrons. The number of aromatic nitrogens is 1. The minimum absolute atomic E-state index is 0.0250. The van der Waals surface area contributed by atoms with E-state index in [1.54, 1.807) is 36.0 Å². The van der Waals surface area contributed by atoms with Crippen LogP contribution in [0, 0.1) is 24.1 Å². The number of fused-ring (bicyclic) bond motifs is 1. The molecule has 0 unspecified atom stereocenters. The molecule has 4 rings (SSSR count). The van der Waals surface area contributed by atoms with E-state index in [9.17, 15) is 14.4 Å². The lowest BCUT2D eigenvalue weighted by atomic mass is 10.1. The number of nitrogens with one attached hydrogen (secondary N) is 1. The van der Waals surface area contributed by atoms with Crippen LogP contribution in [0.1, 0.15) is 16.8 Å². The van der Waals surface area contributed by atoms with E-state index in [-0.39, 0.29) is 17.9 Å². The van der Waals surface area contributed by atoms with Crippen LogP contribution in [0.3, 0.4) is 0 Å². The fourth-order valence-corrected chi connectivity index (χ4v) is 3.83. The van der Waals surface area contributed by atoms with Crippen molar-refractivity contribution >= 4 is 22.9 Å². The number of hydrogen-bond acceptors (Lipinski definition) is 3. The van der Waals surface area contributed by atoms with Crippen LogP contribution in [-0.4, -0.2) is 17.6 Å². The third-order valence-electron chi connectivity index (χ3n) is 5.52. The van der Waals surface area contributed by atoms with E-state index in [0.29, 0.717) is 11.3 Å². The molecule has 0 aliphatic heterocycles. The molecule has 4 aromatic rings. The van der Waals surface area contributed by atoms with Crippen LogP contribution in [0.25, 0.3) is 22.7 Å².